The van der Waals surface area contributed by atoms with Crippen molar-refractivity contribution in [2.45, 2.75) is 45.8 Å². The van der Waals surface area contributed by atoms with Gasteiger partial charge in [-0.15, -0.1) is 0 Å². The van der Waals surface area contributed by atoms with Crippen LogP contribution in [0, 0.1) is 0 Å². The van der Waals surface area contributed by atoms with Crippen LogP contribution in [-0.2, 0) is 9.53 Å². The summed E-state index contributed by atoms with van der Waals surface area (Å²) in [5, 5.41) is 5.51. The van der Waals surface area contributed by atoms with Gasteiger partial charge in [-0.25, -0.2) is 9.59 Å². The van der Waals surface area contributed by atoms with Crippen LogP contribution in [0.1, 0.15) is 45.2 Å². The highest BCUT2D eigenvalue weighted by atomic mass is 16.5. The molecule has 26 heavy (non-hydrogen) atoms. The molecule has 2 N–H and O–H groups in total. The molecule has 1 atom stereocenters. The van der Waals surface area contributed by atoms with Crippen molar-refractivity contribution in [1.29, 1.82) is 0 Å². The largest absolute Gasteiger partial charge is 0.493 e. The van der Waals surface area contributed by atoms with Crippen molar-refractivity contribution in [3.63, 3.8) is 0 Å². The molecule has 0 bridgehead atoms. The lowest BCUT2D eigenvalue weighted by molar-refractivity contribution is -0.136. The average molecular weight is 362 g/mol. The summed E-state index contributed by atoms with van der Waals surface area (Å²) in [6, 6.07) is 4.37. The number of allylic oxidation sites excluding steroid dienone is 1. The Kier molecular flexibility index (Phi) is 6.49. The molecule has 1 heterocycles. The number of hydrogen-bond acceptors (Lipinski definition) is 5. The first-order valence-corrected chi connectivity index (χ1v) is 8.64. The quantitative estimate of drug-likeness (QED) is 0.728. The van der Waals surface area contributed by atoms with Crippen molar-refractivity contribution in [2.24, 2.45) is 0 Å². The first kappa shape index (κ1) is 19.6. The SMILES string of the molecule is CCCC1=C(C(=O)OC)C(c2ccc(OC(C)C)c(OC)c2)NC(=O)N1. The van der Waals surface area contributed by atoms with Gasteiger partial charge < -0.3 is 24.8 Å². The molecule has 142 valence electrons. The van der Waals surface area contributed by atoms with Crippen molar-refractivity contribution < 1.29 is 23.8 Å². The van der Waals surface area contributed by atoms with E-state index in [4.69, 9.17) is 14.2 Å². The summed E-state index contributed by atoms with van der Waals surface area (Å²) in [5.74, 6) is 0.654. The average Bonchev–Trinajstić information content (AvgIpc) is 2.60. The third kappa shape index (κ3) is 4.28. The number of benzene rings is 1. The third-order valence-electron chi connectivity index (χ3n) is 3.94. The van der Waals surface area contributed by atoms with Gasteiger partial charge in [0.25, 0.3) is 0 Å². The fraction of sp³-hybridized carbons (Fsp3) is 0.474. The van der Waals surface area contributed by atoms with Crippen molar-refractivity contribution >= 4 is 12.0 Å². The molecule has 1 aromatic carbocycles. The van der Waals surface area contributed by atoms with Crippen LogP contribution in [0.5, 0.6) is 11.5 Å². The standard InChI is InChI=1S/C19H26N2O5/c1-6-7-13-16(18(22)25-5)17(21-19(23)20-13)12-8-9-14(26-11(2)3)15(10-12)24-4/h8-11,17H,6-7H2,1-5H3,(H2,20,21,23). The van der Waals surface area contributed by atoms with E-state index in [2.05, 4.69) is 10.6 Å². The van der Waals surface area contributed by atoms with Crippen LogP contribution in [0.2, 0.25) is 0 Å². The molecule has 0 radical (unpaired) electrons. The second-order valence-corrected chi connectivity index (χ2v) is 6.24. The minimum Gasteiger partial charge on any atom is -0.493 e. The molecule has 1 aliphatic heterocycles. The summed E-state index contributed by atoms with van der Waals surface area (Å²) in [5.41, 5.74) is 1.69. The number of amides is 2. The van der Waals surface area contributed by atoms with E-state index in [-0.39, 0.29) is 12.1 Å². The lowest BCUT2D eigenvalue weighted by Gasteiger charge is -2.29. The molecular weight excluding hydrogens is 336 g/mol. The topological polar surface area (TPSA) is 85.9 Å². The van der Waals surface area contributed by atoms with Crippen molar-refractivity contribution in [1.82, 2.24) is 10.6 Å². The zero-order valence-electron chi connectivity index (χ0n) is 15.8. The Bertz CT molecular complexity index is 712. The van der Waals surface area contributed by atoms with Gasteiger partial charge in [0.15, 0.2) is 11.5 Å². The Labute approximate surface area is 153 Å². The maximum atomic E-state index is 12.4. The normalized spacial score (nSPS) is 16.8. The van der Waals surface area contributed by atoms with Gasteiger partial charge in [-0.2, -0.15) is 0 Å². The van der Waals surface area contributed by atoms with Crippen LogP contribution in [-0.4, -0.2) is 32.3 Å². The van der Waals surface area contributed by atoms with E-state index < -0.39 is 12.0 Å². The number of methoxy groups -OCH3 is 2. The Morgan fingerprint density at radius 2 is 1.96 bits per heavy atom. The molecule has 1 unspecified atom stereocenters. The molecule has 7 nitrogen and oxygen atoms in total. The van der Waals surface area contributed by atoms with Crippen molar-refractivity contribution in [3.8, 4) is 11.5 Å². The number of hydrogen-bond donors (Lipinski definition) is 2. The fourth-order valence-corrected chi connectivity index (χ4v) is 2.88. The van der Waals surface area contributed by atoms with Gasteiger partial charge in [0.1, 0.15) is 0 Å². The van der Waals surface area contributed by atoms with Gasteiger partial charge >= 0.3 is 12.0 Å². The summed E-state index contributed by atoms with van der Waals surface area (Å²) in [6.07, 6.45) is 1.35. The second kappa shape index (κ2) is 8.60. The molecule has 0 saturated heterocycles. The number of nitrogens with one attached hydrogen (secondary N) is 2. The minimum atomic E-state index is -0.625. The van der Waals surface area contributed by atoms with Crippen LogP contribution >= 0.6 is 0 Å². The maximum absolute atomic E-state index is 12.4. The van der Waals surface area contributed by atoms with E-state index in [0.29, 0.717) is 34.8 Å². The van der Waals surface area contributed by atoms with E-state index in [1.807, 2.05) is 26.8 Å². The molecular formula is C19H26N2O5. The highest BCUT2D eigenvalue weighted by Gasteiger charge is 2.33. The molecule has 2 rings (SSSR count). The molecule has 0 aromatic heterocycles. The zero-order chi connectivity index (χ0) is 19.3. The predicted octanol–water partition coefficient (Wildman–Crippen LogP) is 3.06. The van der Waals surface area contributed by atoms with Gasteiger partial charge in [-0.3, -0.25) is 0 Å². The molecule has 0 aliphatic carbocycles. The lowest BCUT2D eigenvalue weighted by atomic mass is 9.93. The monoisotopic (exact) mass is 362 g/mol. The Hall–Kier alpha value is -2.70. The Balaban J connectivity index is 2.50. The van der Waals surface area contributed by atoms with E-state index in [1.54, 1.807) is 19.2 Å². The molecule has 0 saturated carbocycles. The highest BCUT2D eigenvalue weighted by Crippen LogP contribution is 2.35. The summed E-state index contributed by atoms with van der Waals surface area (Å²) in [4.78, 5) is 24.5. The lowest BCUT2D eigenvalue weighted by Crippen LogP contribution is -2.45. The molecule has 2 amide bonds. The number of carbonyl (C=O) groups is 2. The van der Waals surface area contributed by atoms with E-state index >= 15 is 0 Å². The third-order valence-corrected chi connectivity index (χ3v) is 3.94. The fourth-order valence-electron chi connectivity index (χ4n) is 2.88. The minimum absolute atomic E-state index is 0.00461. The van der Waals surface area contributed by atoms with Crippen LogP contribution < -0.4 is 20.1 Å². The Morgan fingerprint density at radius 1 is 1.23 bits per heavy atom. The van der Waals surface area contributed by atoms with Gasteiger partial charge in [-0.05, 0) is 38.0 Å². The van der Waals surface area contributed by atoms with Crippen LogP contribution in [0.15, 0.2) is 29.5 Å². The van der Waals surface area contributed by atoms with Crippen LogP contribution in [0.3, 0.4) is 0 Å². The van der Waals surface area contributed by atoms with Crippen molar-refractivity contribution in [2.75, 3.05) is 14.2 Å². The Morgan fingerprint density at radius 3 is 2.54 bits per heavy atom. The molecule has 0 fully saturated rings. The van der Waals surface area contributed by atoms with Gasteiger partial charge in [0.2, 0.25) is 0 Å². The molecule has 7 heteroatoms. The first-order valence-electron chi connectivity index (χ1n) is 8.64. The van der Waals surface area contributed by atoms with E-state index in [0.717, 1.165) is 6.42 Å². The number of rotatable bonds is 7. The first-order chi connectivity index (χ1) is 12.4. The zero-order valence-corrected chi connectivity index (χ0v) is 15.8. The molecule has 0 spiro atoms. The number of urea groups is 1. The second-order valence-electron chi connectivity index (χ2n) is 6.24. The van der Waals surface area contributed by atoms with Gasteiger partial charge in [0, 0.05) is 5.70 Å². The predicted molar refractivity (Wildman–Crippen MR) is 97.1 cm³/mol. The van der Waals surface area contributed by atoms with Gasteiger partial charge in [0.05, 0.1) is 31.9 Å². The number of esters is 1. The molecule has 1 aromatic rings. The number of ether oxygens (including phenoxy) is 3. The van der Waals surface area contributed by atoms with Crippen molar-refractivity contribution in [3.05, 3.63) is 35.0 Å². The summed E-state index contributed by atoms with van der Waals surface area (Å²) >= 11 is 0. The summed E-state index contributed by atoms with van der Waals surface area (Å²) < 4.78 is 16.1. The smallest absolute Gasteiger partial charge is 0.337 e. The molecule has 1 aliphatic rings. The van der Waals surface area contributed by atoms with E-state index in [1.165, 1.54) is 7.11 Å². The van der Waals surface area contributed by atoms with Gasteiger partial charge in [-0.1, -0.05) is 19.4 Å². The summed E-state index contributed by atoms with van der Waals surface area (Å²) in [6.45, 7) is 5.83. The van der Waals surface area contributed by atoms with Crippen LogP contribution in [0.4, 0.5) is 4.79 Å². The van der Waals surface area contributed by atoms with E-state index in [9.17, 15) is 9.59 Å². The van der Waals surface area contributed by atoms with Crippen LogP contribution in [0.25, 0.3) is 0 Å². The summed E-state index contributed by atoms with van der Waals surface area (Å²) in [7, 11) is 2.87. The maximum Gasteiger partial charge on any atom is 0.337 e. The highest BCUT2D eigenvalue weighted by molar-refractivity contribution is 5.95. The number of carbonyl (C=O) groups excluding carboxylic acids is 2.